The van der Waals surface area contributed by atoms with Gasteiger partial charge in [0.15, 0.2) is 5.78 Å². The molecule has 118 valence electrons. The molecule has 0 atom stereocenters. The van der Waals surface area contributed by atoms with E-state index < -0.39 is 13.4 Å². The van der Waals surface area contributed by atoms with E-state index in [0.717, 1.165) is 5.39 Å². The average molecular weight is 323 g/mol. The highest BCUT2D eigenvalue weighted by atomic mass is 31.2. The summed E-state index contributed by atoms with van der Waals surface area (Å²) in [5, 5.41) is 0.910. The molecule has 0 aliphatic heterocycles. The molecule has 0 saturated carbocycles. The van der Waals surface area contributed by atoms with E-state index in [1.54, 1.807) is 7.11 Å². The Balaban J connectivity index is 2.45. The molecule has 0 bridgehead atoms. The number of carbonyl (C=O) groups excluding carboxylic acids is 1. The number of nitrogens with zero attached hydrogens (tertiary/aromatic N) is 1. The summed E-state index contributed by atoms with van der Waals surface area (Å²) in [5.41, 5.74) is 1.57. The Hall–Kier alpha value is -1.59. The van der Waals surface area contributed by atoms with Crippen LogP contribution in [-0.2, 0) is 25.0 Å². The largest absolute Gasteiger partial charge is 0.380 e. The summed E-state index contributed by atoms with van der Waals surface area (Å²) in [6.07, 6.45) is -0.359. The Kier molecular flexibility index (Phi) is 5.42. The van der Waals surface area contributed by atoms with Gasteiger partial charge in [-0.05, 0) is 12.1 Å². The summed E-state index contributed by atoms with van der Waals surface area (Å²) in [6, 6.07) is 9.31. The molecule has 0 fully saturated rings. The Morgan fingerprint density at radius 1 is 1.18 bits per heavy atom. The number of ether oxygens (including phenoxy) is 1. The van der Waals surface area contributed by atoms with E-state index in [0.29, 0.717) is 11.1 Å². The zero-order valence-electron chi connectivity index (χ0n) is 12.7. The van der Waals surface area contributed by atoms with Crippen molar-refractivity contribution in [3.8, 4) is 0 Å². The van der Waals surface area contributed by atoms with Crippen LogP contribution in [0, 0.1) is 0 Å². The minimum Gasteiger partial charge on any atom is -0.380 e. The number of ketones is 1. The predicted octanol–water partition coefficient (Wildman–Crippen LogP) is 3.05. The van der Waals surface area contributed by atoms with E-state index in [2.05, 4.69) is 4.98 Å². The van der Waals surface area contributed by atoms with Gasteiger partial charge in [-0.25, -0.2) is 4.98 Å². The van der Waals surface area contributed by atoms with E-state index >= 15 is 0 Å². The van der Waals surface area contributed by atoms with E-state index in [9.17, 15) is 9.36 Å². The Morgan fingerprint density at radius 3 is 2.50 bits per heavy atom. The molecule has 7 heteroatoms. The molecule has 22 heavy (non-hydrogen) atoms. The van der Waals surface area contributed by atoms with Gasteiger partial charge in [-0.15, -0.1) is 0 Å². The first-order chi connectivity index (χ1) is 10.5. The van der Waals surface area contributed by atoms with Gasteiger partial charge < -0.3 is 13.8 Å². The Morgan fingerprint density at radius 2 is 1.86 bits per heavy atom. The third-order valence-corrected chi connectivity index (χ3v) is 5.05. The molecule has 1 aromatic carbocycles. The number of methoxy groups -OCH3 is 1. The van der Waals surface area contributed by atoms with Gasteiger partial charge >= 0.3 is 7.60 Å². The lowest BCUT2D eigenvalue weighted by Gasteiger charge is -2.14. The molecule has 0 N–H and O–H groups in total. The smallest absolute Gasteiger partial charge is 0.337 e. The quantitative estimate of drug-likeness (QED) is 0.576. The number of aromatic nitrogens is 1. The first-order valence-corrected chi connectivity index (χ1v) is 8.37. The summed E-state index contributed by atoms with van der Waals surface area (Å²) in [7, 11) is 0.611. The maximum absolute atomic E-state index is 12.5. The average Bonchev–Trinajstić information content (AvgIpc) is 2.54. The van der Waals surface area contributed by atoms with Crippen LogP contribution in [0.2, 0.25) is 0 Å². The van der Waals surface area contributed by atoms with Gasteiger partial charge in [-0.1, -0.05) is 18.2 Å². The van der Waals surface area contributed by atoms with Gasteiger partial charge in [-0.3, -0.25) is 9.36 Å². The summed E-state index contributed by atoms with van der Waals surface area (Å²) >= 11 is 0. The number of fused-ring (bicyclic) bond motifs is 1. The number of hydrogen-bond acceptors (Lipinski definition) is 6. The molecule has 0 saturated heterocycles. The van der Waals surface area contributed by atoms with Crippen molar-refractivity contribution in [3.63, 3.8) is 0 Å². The van der Waals surface area contributed by atoms with E-state index in [-0.39, 0.29) is 18.5 Å². The van der Waals surface area contributed by atoms with Crippen molar-refractivity contribution in [2.45, 2.75) is 6.61 Å². The van der Waals surface area contributed by atoms with Crippen molar-refractivity contribution < 1.29 is 23.1 Å². The molecular weight excluding hydrogens is 305 g/mol. The number of Topliss-reactive ketones (excluding diaryl/α,β-unsaturated/α-hetero) is 1. The van der Waals surface area contributed by atoms with Crippen LogP contribution in [-0.4, -0.2) is 38.3 Å². The normalized spacial score (nSPS) is 11.8. The van der Waals surface area contributed by atoms with Gasteiger partial charge in [0.05, 0.1) is 12.1 Å². The zero-order valence-corrected chi connectivity index (χ0v) is 13.6. The first kappa shape index (κ1) is 16.8. The third-order valence-electron chi connectivity index (χ3n) is 3.26. The van der Waals surface area contributed by atoms with Crippen LogP contribution in [0.15, 0.2) is 30.3 Å². The monoisotopic (exact) mass is 323 g/mol. The van der Waals surface area contributed by atoms with E-state index in [4.69, 9.17) is 13.8 Å². The Bertz CT molecular complexity index is 723. The second kappa shape index (κ2) is 7.11. The highest BCUT2D eigenvalue weighted by Gasteiger charge is 2.28. The summed E-state index contributed by atoms with van der Waals surface area (Å²) in [5.74, 6) is -0.398. The molecule has 6 nitrogen and oxygen atoms in total. The SMILES string of the molecule is COCc1cc2ccccc2nc1C(=O)CP(=O)(OC)OC. The van der Waals surface area contributed by atoms with E-state index in [1.165, 1.54) is 14.2 Å². The molecule has 0 amide bonds. The van der Waals surface area contributed by atoms with Gasteiger partial charge in [0.1, 0.15) is 11.9 Å². The fourth-order valence-electron chi connectivity index (χ4n) is 2.12. The number of pyridine rings is 1. The van der Waals surface area contributed by atoms with Gasteiger partial charge in [-0.2, -0.15) is 0 Å². The van der Waals surface area contributed by atoms with Crippen LogP contribution < -0.4 is 0 Å². The lowest BCUT2D eigenvalue weighted by molar-refractivity contribution is 0.0998. The maximum Gasteiger partial charge on any atom is 0.337 e. The number of hydrogen-bond donors (Lipinski definition) is 0. The molecule has 0 unspecified atom stereocenters. The summed E-state index contributed by atoms with van der Waals surface area (Å²) in [6.45, 7) is 0.239. The third kappa shape index (κ3) is 3.59. The van der Waals surface area contributed by atoms with Crippen LogP contribution >= 0.6 is 7.60 Å². The fraction of sp³-hybridized carbons (Fsp3) is 0.333. The predicted molar refractivity (Wildman–Crippen MR) is 83.3 cm³/mol. The Labute approximate surface area is 128 Å². The van der Waals surface area contributed by atoms with Crippen molar-refractivity contribution >= 4 is 24.3 Å². The molecule has 2 rings (SSSR count). The molecule has 0 radical (unpaired) electrons. The molecule has 2 aromatic rings. The van der Waals surface area contributed by atoms with Crippen LogP contribution in [0.4, 0.5) is 0 Å². The van der Waals surface area contributed by atoms with Crippen LogP contribution in [0.3, 0.4) is 0 Å². The number of para-hydroxylation sites is 1. The lowest BCUT2D eigenvalue weighted by Crippen LogP contribution is -2.13. The van der Waals surface area contributed by atoms with E-state index in [1.807, 2.05) is 30.3 Å². The van der Waals surface area contributed by atoms with Crippen LogP contribution in [0.1, 0.15) is 16.1 Å². The standard InChI is InChI=1S/C15H18NO5P/c1-19-9-12-8-11-6-4-5-7-13(11)16-15(12)14(17)10-22(18,20-2)21-3/h4-8H,9-10H2,1-3H3. The van der Waals surface area contributed by atoms with Crippen molar-refractivity contribution in [2.75, 3.05) is 27.5 Å². The van der Waals surface area contributed by atoms with Crippen molar-refractivity contribution in [3.05, 3.63) is 41.6 Å². The fourth-order valence-corrected chi connectivity index (χ4v) is 3.03. The number of benzene rings is 1. The van der Waals surface area contributed by atoms with Crippen molar-refractivity contribution in [1.29, 1.82) is 0 Å². The number of rotatable bonds is 7. The molecule has 0 aliphatic rings. The highest BCUT2D eigenvalue weighted by molar-refractivity contribution is 7.54. The van der Waals surface area contributed by atoms with Crippen molar-refractivity contribution in [2.24, 2.45) is 0 Å². The summed E-state index contributed by atoms with van der Waals surface area (Å²) < 4.78 is 26.9. The van der Waals surface area contributed by atoms with Gasteiger partial charge in [0, 0.05) is 32.3 Å². The second-order valence-corrected chi connectivity index (χ2v) is 6.95. The molecule has 0 spiro atoms. The minimum absolute atomic E-state index is 0.231. The lowest BCUT2D eigenvalue weighted by atomic mass is 10.1. The van der Waals surface area contributed by atoms with Gasteiger partial charge in [0.25, 0.3) is 0 Å². The first-order valence-electron chi connectivity index (χ1n) is 6.64. The molecule has 0 aliphatic carbocycles. The van der Waals surface area contributed by atoms with Crippen LogP contribution in [0.25, 0.3) is 10.9 Å². The number of carbonyl (C=O) groups is 1. The minimum atomic E-state index is -3.43. The van der Waals surface area contributed by atoms with Crippen molar-refractivity contribution in [1.82, 2.24) is 4.98 Å². The highest BCUT2D eigenvalue weighted by Crippen LogP contribution is 2.46. The molecular formula is C15H18NO5P. The maximum atomic E-state index is 12.5. The van der Waals surface area contributed by atoms with Crippen LogP contribution in [0.5, 0.6) is 0 Å². The molecule has 1 heterocycles. The topological polar surface area (TPSA) is 74.7 Å². The summed E-state index contributed by atoms with van der Waals surface area (Å²) in [4.78, 5) is 16.9. The second-order valence-electron chi connectivity index (χ2n) is 4.68. The molecule has 1 aromatic heterocycles. The zero-order chi connectivity index (χ0) is 16.2. The van der Waals surface area contributed by atoms with Gasteiger partial charge in [0.2, 0.25) is 0 Å².